The van der Waals surface area contributed by atoms with Crippen molar-refractivity contribution < 1.29 is 91.6 Å². The second kappa shape index (κ2) is 25.6. The van der Waals surface area contributed by atoms with Crippen LogP contribution in [0, 0.1) is 11.8 Å². The van der Waals surface area contributed by atoms with Crippen LogP contribution in [0.3, 0.4) is 0 Å². The molecule has 7 heterocycles. The number of epoxide rings is 2. The third-order valence-corrected chi connectivity index (χ3v) is 17.7. The molecule has 0 radical (unpaired) electrons. The SMILES string of the molecule is C=[N+]1C(=O)N(c2ccc(-c3cccc(-n4c(=O)n5n(c4=O)[C@H]4[C@H](O)[C@@H]6O[C@@H]6/C(=N\O[C@H](C)C6CN([C@H](CO)Cc7ccccc7)NN6)[C@H]4CC5)c3)cc2)C(=O)N1CC[C@H]1C[C@H](O)[C@@H]2O[C@@H]2/C1=N\O[C@@H]1O[C@H](COC(C)=O)[C@@H](OC(C)=O)[C@H](OC(C)=O)[C@H]1OC(C)=O. The van der Waals surface area contributed by atoms with Crippen LogP contribution in [0.25, 0.3) is 16.8 Å². The molecular formula is C60H70N11O20+. The lowest BCUT2D eigenvalue weighted by molar-refractivity contribution is -0.565. The highest BCUT2D eigenvalue weighted by Crippen LogP contribution is 2.47. The van der Waals surface area contributed by atoms with E-state index in [2.05, 4.69) is 28.0 Å². The Morgan fingerprint density at radius 1 is 0.791 bits per heavy atom. The molecular weight excluding hydrogens is 1190 g/mol. The van der Waals surface area contributed by atoms with Gasteiger partial charge >= 0.3 is 47.3 Å². The molecule has 1 unspecified atom stereocenters. The van der Waals surface area contributed by atoms with Crippen molar-refractivity contribution in [1.29, 1.82) is 0 Å². The van der Waals surface area contributed by atoms with E-state index < -0.39 is 145 Å². The summed E-state index contributed by atoms with van der Waals surface area (Å²) in [4.78, 5) is 119. The van der Waals surface area contributed by atoms with Crippen LogP contribution in [-0.4, -0.2) is 210 Å². The second-order valence-corrected chi connectivity index (χ2v) is 23.7. The number of aromatic nitrogens is 3. The van der Waals surface area contributed by atoms with Crippen LogP contribution in [0.1, 0.15) is 65.5 Å². The minimum atomic E-state index is -1.66. The van der Waals surface area contributed by atoms with E-state index >= 15 is 0 Å². The Kier molecular flexibility index (Phi) is 17.6. The van der Waals surface area contributed by atoms with Gasteiger partial charge in [-0.2, -0.15) is 10.3 Å². The number of aliphatic hydroxyl groups is 3. The fourth-order valence-electron chi connectivity index (χ4n) is 13.1. The molecule has 2 saturated carbocycles. The van der Waals surface area contributed by atoms with Gasteiger partial charge in [-0.25, -0.2) is 38.7 Å². The molecule has 91 heavy (non-hydrogen) atoms. The number of hydrogen-bond acceptors (Lipinski definition) is 25. The number of nitrogens with one attached hydrogen (secondary N) is 2. The molecule has 484 valence electrons. The predicted molar refractivity (Wildman–Crippen MR) is 313 cm³/mol. The first-order chi connectivity index (χ1) is 43.7. The number of hydrogen-bond donors (Lipinski definition) is 5. The summed E-state index contributed by atoms with van der Waals surface area (Å²) >= 11 is 0. The van der Waals surface area contributed by atoms with Gasteiger partial charge in [0.1, 0.15) is 55.0 Å². The van der Waals surface area contributed by atoms with Gasteiger partial charge in [-0.1, -0.05) is 69.6 Å². The summed E-state index contributed by atoms with van der Waals surface area (Å²) in [5.41, 5.74) is 8.64. The van der Waals surface area contributed by atoms with Gasteiger partial charge in [0.15, 0.2) is 12.2 Å². The molecule has 1 aromatic heterocycles. The molecule has 0 spiro atoms. The minimum Gasteiger partial charge on any atom is -0.463 e. The van der Waals surface area contributed by atoms with Crippen molar-refractivity contribution in [3.05, 3.63) is 105 Å². The van der Waals surface area contributed by atoms with Crippen LogP contribution in [-0.2, 0) is 75.0 Å². The van der Waals surface area contributed by atoms with E-state index in [1.807, 2.05) is 42.3 Å². The Hall–Kier alpha value is -8.53. The van der Waals surface area contributed by atoms with E-state index in [1.165, 1.54) is 9.36 Å². The quantitative estimate of drug-likeness (QED) is 0.0260. The van der Waals surface area contributed by atoms with Crippen LogP contribution >= 0.6 is 0 Å². The van der Waals surface area contributed by atoms with Crippen molar-refractivity contribution >= 4 is 59.8 Å². The zero-order chi connectivity index (χ0) is 64.3. The average Bonchev–Trinajstić information content (AvgIpc) is 1.56. The van der Waals surface area contributed by atoms with Gasteiger partial charge < -0.3 is 58.2 Å². The number of hydrazone groups is 1. The van der Waals surface area contributed by atoms with Crippen molar-refractivity contribution in [2.75, 3.05) is 31.2 Å². The molecule has 2 aliphatic carbocycles. The zero-order valence-corrected chi connectivity index (χ0v) is 50.2. The highest BCUT2D eigenvalue weighted by Gasteiger charge is 2.62. The molecule has 12 rings (SSSR count). The third kappa shape index (κ3) is 12.4. The number of fused-ring (bicyclic) bond motifs is 5. The maximum absolute atomic E-state index is 14.6. The Morgan fingerprint density at radius 3 is 2.21 bits per heavy atom. The number of esters is 4. The number of oxime groups is 2. The van der Waals surface area contributed by atoms with Gasteiger partial charge in [0.2, 0.25) is 6.10 Å². The lowest BCUT2D eigenvalue weighted by Gasteiger charge is -2.43. The second-order valence-electron chi connectivity index (χ2n) is 23.7. The van der Waals surface area contributed by atoms with Gasteiger partial charge in [-0.05, 0) is 73.6 Å². The Morgan fingerprint density at radius 2 is 1.49 bits per heavy atom. The number of amides is 4. The lowest BCUT2D eigenvalue weighted by atomic mass is 9.78. The van der Waals surface area contributed by atoms with E-state index in [1.54, 1.807) is 48.5 Å². The molecule has 31 heteroatoms. The van der Waals surface area contributed by atoms with Crippen molar-refractivity contribution in [3.8, 4) is 16.8 Å². The predicted octanol–water partition coefficient (Wildman–Crippen LogP) is 0.213. The van der Waals surface area contributed by atoms with E-state index in [4.69, 9.17) is 42.8 Å². The molecule has 4 amide bonds. The van der Waals surface area contributed by atoms with Crippen LogP contribution in [0.2, 0.25) is 0 Å². The number of carbonyl (C=O) groups excluding carboxylic acids is 6. The molecule has 5 N–H and O–H groups in total. The largest absolute Gasteiger partial charge is 0.531 e. The molecule has 4 aromatic rings. The van der Waals surface area contributed by atoms with Gasteiger partial charge in [-0.15, -0.1) is 9.91 Å². The number of anilines is 1. The standard InChI is InChI=1S/C60H70N11O20/c1-29(42-26-66(64-61-42)40(27-72)23-34-11-8-7-9-12-34)90-63-46-41-20-22-68-59(81)70(60(82)71(68)47(41)48(78)53-52(46)89-53)39-14-10-13-36(24-39)35-15-17-38(18-16-35)69-57(79)65(6)67(58(69)80)21-19-37-25-43(77)49-51(88-49)45(37)62-91-56-55(86-33(5)76)54(85-32(4)75)50(84-31(3)74)44(87-56)28-83-30(2)73/h7-18,24,29,37,40-44,47-56,61,64,72,77-78H,6,19-23,25-28H2,1-5H3/q+1/b62-45-,63-46-/t29-,37+,40+,41-,42?,43+,44-,47-,48+,49+,50-,51-,52-,53+,54+,55-,56+/m1/s1. The third-order valence-electron chi connectivity index (χ3n) is 17.7. The first-order valence-electron chi connectivity index (χ1n) is 30.0. The summed E-state index contributed by atoms with van der Waals surface area (Å²) in [5, 5.41) is 45.0. The molecule has 0 bridgehead atoms. The lowest BCUT2D eigenvalue weighted by Crippen LogP contribution is -2.62. The van der Waals surface area contributed by atoms with Gasteiger partial charge in [-0.3, -0.25) is 19.2 Å². The Balaban J connectivity index is 0.714. The summed E-state index contributed by atoms with van der Waals surface area (Å²) in [6.07, 6.45) is -11.5. The highest BCUT2D eigenvalue weighted by molar-refractivity contribution is 6.14. The first-order valence-corrected chi connectivity index (χ1v) is 30.0. The minimum absolute atomic E-state index is 0.0713. The molecule has 8 aliphatic rings. The maximum atomic E-state index is 14.6. The maximum Gasteiger partial charge on any atom is 0.531 e. The number of ether oxygens (including phenoxy) is 7. The molecule has 7 fully saturated rings. The highest BCUT2D eigenvalue weighted by atomic mass is 16.8. The van der Waals surface area contributed by atoms with Crippen molar-refractivity contribution in [3.63, 3.8) is 0 Å². The topological polar surface area (TPSA) is 363 Å². The summed E-state index contributed by atoms with van der Waals surface area (Å²) in [6.45, 7) is 10.0. The smallest absolute Gasteiger partial charge is 0.463 e. The van der Waals surface area contributed by atoms with Gasteiger partial charge in [0.05, 0.1) is 61.2 Å². The van der Waals surface area contributed by atoms with E-state index in [9.17, 15) is 53.7 Å². The number of rotatable bonds is 20. The number of imide groups is 1. The monoisotopic (exact) mass is 1260 g/mol. The summed E-state index contributed by atoms with van der Waals surface area (Å²) < 4.78 is 43.9. The number of benzene rings is 3. The van der Waals surface area contributed by atoms with Crippen LogP contribution in [0.15, 0.2) is 98.8 Å². The van der Waals surface area contributed by atoms with Crippen molar-refractivity contribution in [2.24, 2.45) is 22.1 Å². The fraction of sp³-hybridized carbons (Fsp3) is 0.517. The summed E-state index contributed by atoms with van der Waals surface area (Å²) in [5.74, 6) is -4.40. The molecule has 3 aromatic carbocycles. The summed E-state index contributed by atoms with van der Waals surface area (Å²) in [7, 11) is 0. The van der Waals surface area contributed by atoms with Crippen molar-refractivity contribution in [2.45, 2.75) is 158 Å². The molecule has 31 nitrogen and oxygen atoms in total. The molecule has 6 aliphatic heterocycles. The average molecular weight is 1270 g/mol. The van der Waals surface area contributed by atoms with E-state index in [0.717, 1.165) is 52.4 Å². The van der Waals surface area contributed by atoms with Gasteiger partial charge in [0, 0.05) is 52.6 Å². The van der Waals surface area contributed by atoms with E-state index in [0.29, 0.717) is 36.2 Å². The van der Waals surface area contributed by atoms with E-state index in [-0.39, 0.29) is 61.7 Å². The van der Waals surface area contributed by atoms with Gasteiger partial charge in [0.25, 0.3) is 6.29 Å². The molecule has 5 saturated heterocycles. The first kappa shape index (κ1) is 62.7. The number of nitrogens with zero attached hydrogens (tertiary/aromatic N) is 9. The van der Waals surface area contributed by atoms with Crippen LogP contribution in [0.4, 0.5) is 15.3 Å². The van der Waals surface area contributed by atoms with Crippen molar-refractivity contribution in [1.82, 2.24) is 34.9 Å². The zero-order valence-electron chi connectivity index (χ0n) is 50.2. The fourth-order valence-corrected chi connectivity index (χ4v) is 13.1. The summed E-state index contributed by atoms with van der Waals surface area (Å²) in [6, 6.07) is 20.2. The number of urea groups is 2. The Bertz CT molecular complexity index is 3690. The van der Waals surface area contributed by atoms with Crippen LogP contribution in [0.5, 0.6) is 0 Å². The number of aliphatic hydroxyl groups excluding tert-OH is 3. The molecule has 17 atom stereocenters. The Labute approximate surface area is 518 Å². The number of carbonyl (C=O) groups is 6. The van der Waals surface area contributed by atoms with Crippen LogP contribution < -0.4 is 27.2 Å². The number of hydrazine groups is 3. The normalized spacial score (nSPS) is 31.4.